The summed E-state index contributed by atoms with van der Waals surface area (Å²) in [5.74, 6) is -0.680. The molecule has 23 heavy (non-hydrogen) atoms. The summed E-state index contributed by atoms with van der Waals surface area (Å²) < 4.78 is 37.3. The number of hydrogen-bond acceptors (Lipinski definition) is 7. The van der Waals surface area contributed by atoms with Gasteiger partial charge in [-0.05, 0) is 20.8 Å². The Hall–Kier alpha value is -2.36. The van der Waals surface area contributed by atoms with Crippen LogP contribution in [0.4, 0.5) is 6.01 Å². The van der Waals surface area contributed by atoms with Crippen LogP contribution < -0.4 is 4.31 Å². The molecule has 10 heteroatoms. The molecular formula is C13H18N4O5S. The summed E-state index contributed by atoms with van der Waals surface area (Å²) in [5, 5.41) is 4.00. The van der Waals surface area contributed by atoms with Crippen LogP contribution in [-0.2, 0) is 14.8 Å². The van der Waals surface area contributed by atoms with Gasteiger partial charge in [-0.15, -0.1) is 0 Å². The van der Waals surface area contributed by atoms with Crippen molar-refractivity contribution in [2.24, 2.45) is 0 Å². The lowest BCUT2D eigenvalue weighted by Gasteiger charge is -2.13. The molecule has 0 spiro atoms. The summed E-state index contributed by atoms with van der Waals surface area (Å²) in [6, 6.07) is -0.202. The number of anilines is 1. The number of carbonyl (C=O) groups is 1. The third-order valence-corrected chi connectivity index (χ3v) is 4.70. The summed E-state index contributed by atoms with van der Waals surface area (Å²) in [6.07, 6.45) is 3.73. The number of carbonyl (C=O) groups excluding carboxylic acids is 1. The molecule has 0 aliphatic carbocycles. The van der Waals surface area contributed by atoms with Gasteiger partial charge in [0.25, 0.3) is 10.0 Å². The Labute approximate surface area is 133 Å². The number of ether oxygens (including phenoxy) is 1. The van der Waals surface area contributed by atoms with Crippen molar-refractivity contribution in [3.63, 3.8) is 0 Å². The van der Waals surface area contributed by atoms with Crippen molar-refractivity contribution in [3.8, 4) is 0 Å². The van der Waals surface area contributed by atoms with Gasteiger partial charge < -0.3 is 9.15 Å². The molecule has 0 N–H and O–H groups in total. The highest BCUT2D eigenvalue weighted by atomic mass is 32.2. The molecule has 2 rings (SSSR count). The van der Waals surface area contributed by atoms with Crippen LogP contribution in [0.1, 0.15) is 37.3 Å². The molecule has 0 aliphatic heterocycles. The van der Waals surface area contributed by atoms with Gasteiger partial charge in [0.05, 0.1) is 12.8 Å². The smallest absolute Gasteiger partial charge is 0.360 e. The lowest BCUT2D eigenvalue weighted by Crippen LogP contribution is -2.26. The number of sulfonamides is 1. The molecule has 0 aliphatic rings. The quantitative estimate of drug-likeness (QED) is 0.731. The molecule has 2 aromatic rings. The van der Waals surface area contributed by atoms with Crippen molar-refractivity contribution >= 4 is 22.0 Å². The summed E-state index contributed by atoms with van der Waals surface area (Å²) >= 11 is 0. The van der Waals surface area contributed by atoms with Crippen molar-refractivity contribution in [1.82, 2.24) is 14.8 Å². The van der Waals surface area contributed by atoms with E-state index in [-0.39, 0.29) is 29.3 Å². The first-order valence-electron chi connectivity index (χ1n) is 6.93. The molecule has 0 atom stereocenters. The van der Waals surface area contributed by atoms with E-state index in [1.54, 1.807) is 6.92 Å². The Bertz CT molecular complexity index is 793. The monoisotopic (exact) mass is 342 g/mol. The molecular weight excluding hydrogens is 324 g/mol. The van der Waals surface area contributed by atoms with Gasteiger partial charge in [-0.25, -0.2) is 17.5 Å². The first kappa shape index (κ1) is 17.0. The van der Waals surface area contributed by atoms with E-state index in [9.17, 15) is 13.2 Å². The van der Waals surface area contributed by atoms with E-state index in [1.807, 2.05) is 13.8 Å². The molecule has 0 unspecified atom stereocenters. The fourth-order valence-electron chi connectivity index (χ4n) is 1.70. The van der Waals surface area contributed by atoms with E-state index in [4.69, 9.17) is 9.15 Å². The number of esters is 1. The van der Waals surface area contributed by atoms with Crippen molar-refractivity contribution in [3.05, 3.63) is 24.4 Å². The predicted molar refractivity (Wildman–Crippen MR) is 80.7 cm³/mol. The second-order valence-electron chi connectivity index (χ2n) is 4.96. The highest BCUT2D eigenvalue weighted by Gasteiger charge is 2.28. The fourth-order valence-corrected chi connectivity index (χ4v) is 2.73. The van der Waals surface area contributed by atoms with Gasteiger partial charge in [-0.1, -0.05) is 0 Å². The maximum Gasteiger partial charge on any atom is 0.360 e. The zero-order valence-corrected chi connectivity index (χ0v) is 14.1. The number of oxazole rings is 1. The van der Waals surface area contributed by atoms with E-state index in [0.717, 1.165) is 10.6 Å². The Kier molecular flexibility index (Phi) is 4.73. The molecule has 0 saturated heterocycles. The van der Waals surface area contributed by atoms with E-state index in [2.05, 4.69) is 10.1 Å². The highest BCUT2D eigenvalue weighted by molar-refractivity contribution is 7.92. The zero-order chi connectivity index (χ0) is 17.2. The number of rotatable bonds is 6. The maximum absolute atomic E-state index is 12.5. The second-order valence-corrected chi connectivity index (χ2v) is 6.93. The van der Waals surface area contributed by atoms with Crippen molar-refractivity contribution < 1.29 is 22.4 Å². The van der Waals surface area contributed by atoms with Crippen LogP contribution in [0, 0.1) is 0 Å². The zero-order valence-electron chi connectivity index (χ0n) is 13.3. The van der Waals surface area contributed by atoms with Gasteiger partial charge in [-0.2, -0.15) is 10.1 Å². The third kappa shape index (κ3) is 3.36. The van der Waals surface area contributed by atoms with Gasteiger partial charge in [0.1, 0.15) is 11.2 Å². The van der Waals surface area contributed by atoms with Gasteiger partial charge in [0, 0.05) is 19.3 Å². The fraction of sp³-hybridized carbons (Fsp3) is 0.462. The Balaban J connectivity index is 2.27. The van der Waals surface area contributed by atoms with Crippen LogP contribution in [0.15, 0.2) is 28.0 Å². The first-order chi connectivity index (χ1) is 10.8. The largest absolute Gasteiger partial charge is 0.461 e. The van der Waals surface area contributed by atoms with Crippen molar-refractivity contribution in [2.75, 3.05) is 18.0 Å². The van der Waals surface area contributed by atoms with Gasteiger partial charge in [-0.3, -0.25) is 4.68 Å². The minimum atomic E-state index is -3.89. The van der Waals surface area contributed by atoms with Crippen LogP contribution in [0.25, 0.3) is 0 Å². The number of hydrogen-bond donors (Lipinski definition) is 0. The minimum absolute atomic E-state index is 0.00425. The molecule has 9 nitrogen and oxygen atoms in total. The van der Waals surface area contributed by atoms with Crippen LogP contribution in [-0.4, -0.2) is 42.8 Å². The summed E-state index contributed by atoms with van der Waals surface area (Å²) in [6.45, 7) is 5.60. The molecule has 126 valence electrons. The Morgan fingerprint density at radius 1 is 1.48 bits per heavy atom. The highest BCUT2D eigenvalue weighted by Crippen LogP contribution is 2.22. The summed E-state index contributed by atoms with van der Waals surface area (Å²) in [4.78, 5) is 15.4. The van der Waals surface area contributed by atoms with Crippen molar-refractivity contribution in [1.29, 1.82) is 0 Å². The van der Waals surface area contributed by atoms with Gasteiger partial charge in [0.2, 0.25) is 0 Å². The molecule has 2 heterocycles. The molecule has 0 radical (unpaired) electrons. The molecule has 0 fully saturated rings. The van der Waals surface area contributed by atoms with Gasteiger partial charge in [0.15, 0.2) is 5.69 Å². The van der Waals surface area contributed by atoms with Crippen LogP contribution in [0.5, 0.6) is 0 Å². The summed E-state index contributed by atoms with van der Waals surface area (Å²) in [5.41, 5.74) is -0.0956. The molecule has 0 saturated carbocycles. The lowest BCUT2D eigenvalue weighted by molar-refractivity contribution is 0.0519. The standard InChI is InChI=1S/C13H18N4O5S/c1-5-21-12(18)11-8-22-13(15-11)16(4)23(19,20)10-6-14-17(7-10)9(2)3/h6-9H,5H2,1-4H3. The summed E-state index contributed by atoms with van der Waals surface area (Å²) in [7, 11) is -2.61. The minimum Gasteiger partial charge on any atom is -0.461 e. The molecule has 0 amide bonds. The van der Waals surface area contributed by atoms with Crippen LogP contribution >= 0.6 is 0 Å². The predicted octanol–water partition coefficient (Wildman–Crippen LogP) is 1.45. The average molecular weight is 342 g/mol. The average Bonchev–Trinajstić information content (AvgIpc) is 3.16. The first-order valence-corrected chi connectivity index (χ1v) is 8.37. The van der Waals surface area contributed by atoms with E-state index < -0.39 is 16.0 Å². The van der Waals surface area contributed by atoms with E-state index in [0.29, 0.717) is 0 Å². The topological polar surface area (TPSA) is 108 Å². The number of aromatic nitrogens is 3. The Morgan fingerprint density at radius 2 is 2.17 bits per heavy atom. The normalized spacial score (nSPS) is 11.7. The number of nitrogens with zero attached hydrogens (tertiary/aromatic N) is 4. The van der Waals surface area contributed by atoms with Crippen LogP contribution in [0.3, 0.4) is 0 Å². The lowest BCUT2D eigenvalue weighted by atomic mass is 10.4. The third-order valence-electron chi connectivity index (χ3n) is 3.01. The Morgan fingerprint density at radius 3 is 2.74 bits per heavy atom. The van der Waals surface area contributed by atoms with Crippen molar-refractivity contribution in [2.45, 2.75) is 31.7 Å². The molecule has 0 bridgehead atoms. The van der Waals surface area contributed by atoms with Gasteiger partial charge >= 0.3 is 12.0 Å². The van der Waals surface area contributed by atoms with Crippen LogP contribution in [0.2, 0.25) is 0 Å². The second kappa shape index (κ2) is 6.41. The van der Waals surface area contributed by atoms with E-state index in [1.165, 1.54) is 24.1 Å². The molecule has 0 aromatic carbocycles. The molecule has 2 aromatic heterocycles. The van der Waals surface area contributed by atoms with E-state index >= 15 is 0 Å². The maximum atomic E-state index is 12.5. The SMILES string of the molecule is CCOC(=O)c1coc(N(C)S(=O)(=O)c2cnn(C(C)C)c2)n1.